The van der Waals surface area contributed by atoms with E-state index in [1.807, 2.05) is 27.7 Å². The summed E-state index contributed by atoms with van der Waals surface area (Å²) < 4.78 is 0. The molecule has 0 radical (unpaired) electrons. The van der Waals surface area contributed by atoms with Gasteiger partial charge in [0.25, 0.3) is 0 Å². The minimum absolute atomic E-state index is 0.0754. The predicted molar refractivity (Wildman–Crippen MR) is 53.5 cm³/mol. The lowest BCUT2D eigenvalue weighted by Gasteiger charge is -2.39. The summed E-state index contributed by atoms with van der Waals surface area (Å²) in [7, 11) is 0. The average Bonchev–Trinajstić information content (AvgIpc) is 1.98. The van der Waals surface area contributed by atoms with Gasteiger partial charge in [-0.3, -0.25) is 4.79 Å². The zero-order valence-electron chi connectivity index (χ0n) is 9.00. The second-order valence-electron chi connectivity index (χ2n) is 4.10. The first-order chi connectivity index (χ1) is 5.86. The molecule has 2 atom stereocenters. The molecule has 0 aliphatic heterocycles. The maximum Gasteiger partial charge on any atom is 0.303 e. The standard InChI is InChI=1S/C10H21NO2/c1-5-10(7(2)3,8(4)11)6-9(12)13/h7-8H,5-6,11H2,1-4H3,(H,12,13). The molecule has 0 aliphatic carbocycles. The van der Waals surface area contributed by atoms with Gasteiger partial charge >= 0.3 is 5.97 Å². The van der Waals surface area contributed by atoms with E-state index in [4.69, 9.17) is 10.8 Å². The largest absolute Gasteiger partial charge is 0.481 e. The van der Waals surface area contributed by atoms with E-state index in [9.17, 15) is 4.79 Å². The minimum atomic E-state index is -0.757. The van der Waals surface area contributed by atoms with E-state index in [1.54, 1.807) is 0 Å². The molecule has 0 amide bonds. The van der Waals surface area contributed by atoms with Crippen molar-refractivity contribution in [2.75, 3.05) is 0 Å². The van der Waals surface area contributed by atoms with Crippen molar-refractivity contribution in [3.63, 3.8) is 0 Å². The van der Waals surface area contributed by atoms with Gasteiger partial charge < -0.3 is 10.8 Å². The van der Waals surface area contributed by atoms with Gasteiger partial charge in [0.15, 0.2) is 0 Å². The molecule has 78 valence electrons. The van der Waals surface area contributed by atoms with Crippen molar-refractivity contribution in [3.05, 3.63) is 0 Å². The van der Waals surface area contributed by atoms with Crippen LogP contribution < -0.4 is 5.73 Å². The quantitative estimate of drug-likeness (QED) is 0.690. The van der Waals surface area contributed by atoms with Crippen LogP contribution in [0.15, 0.2) is 0 Å². The second kappa shape index (κ2) is 4.61. The van der Waals surface area contributed by atoms with E-state index in [2.05, 4.69) is 0 Å². The van der Waals surface area contributed by atoms with Crippen molar-refractivity contribution < 1.29 is 9.90 Å². The highest BCUT2D eigenvalue weighted by molar-refractivity contribution is 5.67. The van der Waals surface area contributed by atoms with Crippen molar-refractivity contribution >= 4 is 5.97 Å². The first-order valence-electron chi connectivity index (χ1n) is 4.84. The van der Waals surface area contributed by atoms with Gasteiger partial charge in [-0.1, -0.05) is 20.8 Å². The molecule has 3 heteroatoms. The van der Waals surface area contributed by atoms with Crippen LogP contribution in [0.4, 0.5) is 0 Å². The molecule has 0 aromatic heterocycles. The predicted octanol–water partition coefficient (Wildman–Crippen LogP) is 1.86. The number of hydrogen-bond donors (Lipinski definition) is 2. The van der Waals surface area contributed by atoms with Crippen LogP contribution in [0.1, 0.15) is 40.5 Å². The van der Waals surface area contributed by atoms with Crippen LogP contribution in [0, 0.1) is 11.3 Å². The number of aliphatic carboxylic acids is 1. The second-order valence-corrected chi connectivity index (χ2v) is 4.10. The summed E-state index contributed by atoms with van der Waals surface area (Å²) in [6.45, 7) is 7.98. The number of carboxylic acids is 1. The summed E-state index contributed by atoms with van der Waals surface area (Å²) in [5, 5.41) is 8.82. The zero-order chi connectivity index (χ0) is 10.6. The minimum Gasteiger partial charge on any atom is -0.481 e. The van der Waals surface area contributed by atoms with Gasteiger partial charge in [0.2, 0.25) is 0 Å². The van der Waals surface area contributed by atoms with E-state index in [0.29, 0.717) is 5.92 Å². The molecule has 3 nitrogen and oxygen atoms in total. The topological polar surface area (TPSA) is 63.3 Å². The molecule has 0 spiro atoms. The van der Waals surface area contributed by atoms with Gasteiger partial charge in [0, 0.05) is 6.04 Å². The number of hydrogen-bond acceptors (Lipinski definition) is 2. The third-order valence-electron chi connectivity index (χ3n) is 3.20. The Morgan fingerprint density at radius 1 is 1.46 bits per heavy atom. The van der Waals surface area contributed by atoms with Crippen LogP contribution in [-0.4, -0.2) is 17.1 Å². The summed E-state index contributed by atoms with van der Waals surface area (Å²) in [6.07, 6.45) is 0.980. The van der Waals surface area contributed by atoms with Gasteiger partial charge in [-0.2, -0.15) is 0 Å². The summed E-state index contributed by atoms with van der Waals surface area (Å²) in [6, 6.07) is -0.0754. The van der Waals surface area contributed by atoms with Gasteiger partial charge in [-0.05, 0) is 24.7 Å². The van der Waals surface area contributed by atoms with Crippen LogP contribution in [0.3, 0.4) is 0 Å². The van der Waals surface area contributed by atoms with Crippen molar-refractivity contribution in [1.29, 1.82) is 0 Å². The molecule has 0 rings (SSSR count). The Balaban J connectivity index is 4.75. The van der Waals surface area contributed by atoms with Crippen molar-refractivity contribution in [1.82, 2.24) is 0 Å². The Bertz CT molecular complexity index is 168. The summed E-state index contributed by atoms with van der Waals surface area (Å²) in [4.78, 5) is 10.7. The van der Waals surface area contributed by atoms with Crippen molar-refractivity contribution in [3.8, 4) is 0 Å². The van der Waals surface area contributed by atoms with E-state index in [0.717, 1.165) is 6.42 Å². The van der Waals surface area contributed by atoms with E-state index < -0.39 is 5.97 Å². The number of carboxylic acid groups (broad SMARTS) is 1. The van der Waals surface area contributed by atoms with Gasteiger partial charge in [0.05, 0.1) is 6.42 Å². The maximum absolute atomic E-state index is 10.7. The normalized spacial score (nSPS) is 18.3. The highest BCUT2D eigenvalue weighted by Gasteiger charge is 2.37. The maximum atomic E-state index is 10.7. The number of carbonyl (C=O) groups is 1. The molecule has 0 saturated heterocycles. The fourth-order valence-electron chi connectivity index (χ4n) is 2.03. The number of rotatable bonds is 5. The average molecular weight is 187 g/mol. The van der Waals surface area contributed by atoms with Crippen LogP contribution in [-0.2, 0) is 4.79 Å². The fourth-order valence-corrected chi connectivity index (χ4v) is 2.03. The van der Waals surface area contributed by atoms with Gasteiger partial charge in [0.1, 0.15) is 0 Å². The third-order valence-corrected chi connectivity index (χ3v) is 3.20. The SMILES string of the molecule is CCC(CC(=O)O)(C(C)C)C(C)N. The molecule has 3 N–H and O–H groups in total. The van der Waals surface area contributed by atoms with Crippen molar-refractivity contribution in [2.45, 2.75) is 46.6 Å². The van der Waals surface area contributed by atoms with Gasteiger partial charge in [-0.25, -0.2) is 0 Å². The van der Waals surface area contributed by atoms with Crippen LogP contribution in [0.5, 0.6) is 0 Å². The first kappa shape index (κ1) is 12.4. The molecule has 0 aromatic rings. The lowest BCUT2D eigenvalue weighted by molar-refractivity contribution is -0.141. The zero-order valence-corrected chi connectivity index (χ0v) is 9.00. The lowest BCUT2D eigenvalue weighted by Crippen LogP contribution is -2.44. The fraction of sp³-hybridized carbons (Fsp3) is 0.900. The summed E-state index contributed by atoms with van der Waals surface area (Å²) in [5.74, 6) is -0.457. The molecule has 0 aromatic carbocycles. The summed E-state index contributed by atoms with van der Waals surface area (Å²) in [5.41, 5.74) is 5.61. The van der Waals surface area contributed by atoms with Gasteiger partial charge in [-0.15, -0.1) is 0 Å². The molecule has 0 fully saturated rings. The molecule has 2 unspecified atom stereocenters. The third kappa shape index (κ3) is 2.69. The lowest BCUT2D eigenvalue weighted by atomic mass is 9.68. The highest BCUT2D eigenvalue weighted by Crippen LogP contribution is 2.37. The van der Waals surface area contributed by atoms with Crippen LogP contribution >= 0.6 is 0 Å². The molecule has 0 bridgehead atoms. The van der Waals surface area contributed by atoms with Crippen LogP contribution in [0.25, 0.3) is 0 Å². The molecule has 0 saturated carbocycles. The van der Waals surface area contributed by atoms with E-state index >= 15 is 0 Å². The Morgan fingerprint density at radius 2 is 1.92 bits per heavy atom. The highest BCUT2D eigenvalue weighted by atomic mass is 16.4. The molecule has 0 heterocycles. The Hall–Kier alpha value is -0.570. The monoisotopic (exact) mass is 187 g/mol. The first-order valence-corrected chi connectivity index (χ1v) is 4.84. The van der Waals surface area contributed by atoms with E-state index in [-0.39, 0.29) is 17.9 Å². The Morgan fingerprint density at radius 3 is 2.00 bits per heavy atom. The molecular formula is C10H21NO2. The van der Waals surface area contributed by atoms with Crippen molar-refractivity contribution in [2.24, 2.45) is 17.1 Å². The number of nitrogens with two attached hydrogens (primary N) is 1. The van der Waals surface area contributed by atoms with Crippen LogP contribution in [0.2, 0.25) is 0 Å². The molecule has 0 aliphatic rings. The Labute approximate surface area is 80.3 Å². The Kier molecular flexibility index (Phi) is 4.40. The summed E-state index contributed by atoms with van der Waals surface area (Å²) >= 11 is 0. The van der Waals surface area contributed by atoms with E-state index in [1.165, 1.54) is 0 Å². The smallest absolute Gasteiger partial charge is 0.303 e. The molecule has 13 heavy (non-hydrogen) atoms. The molecular weight excluding hydrogens is 166 g/mol.